The summed E-state index contributed by atoms with van der Waals surface area (Å²) in [5.41, 5.74) is 7.75. The largest absolute Gasteiger partial charge is 0.496 e. The smallest absolute Gasteiger partial charge is 0.125 e. The third-order valence-corrected chi connectivity index (χ3v) is 2.88. The zero-order valence-electron chi connectivity index (χ0n) is 10.2. The summed E-state index contributed by atoms with van der Waals surface area (Å²) < 4.78 is 5.29. The topological polar surface area (TPSA) is 61.0 Å². The molecule has 0 saturated carbocycles. The van der Waals surface area contributed by atoms with Gasteiger partial charge >= 0.3 is 0 Å². The Balaban J connectivity index is 2.44. The normalized spacial score (nSPS) is 12.2. The molecule has 2 aromatic rings. The van der Waals surface area contributed by atoms with Crippen molar-refractivity contribution in [2.45, 2.75) is 13.0 Å². The van der Waals surface area contributed by atoms with E-state index >= 15 is 0 Å². The molecule has 0 aliphatic carbocycles. The van der Waals surface area contributed by atoms with Crippen molar-refractivity contribution >= 4 is 11.6 Å². The second-order valence-electron chi connectivity index (χ2n) is 3.89. The minimum absolute atomic E-state index is 0.389. The molecule has 0 fully saturated rings. The number of nitrogens with zero attached hydrogens (tertiary/aromatic N) is 2. The van der Waals surface area contributed by atoms with Gasteiger partial charge in [-0.1, -0.05) is 11.6 Å². The highest BCUT2D eigenvalue weighted by molar-refractivity contribution is 6.30. The minimum atomic E-state index is -0.389. The van der Waals surface area contributed by atoms with Crippen LogP contribution in [0.2, 0.25) is 5.02 Å². The Morgan fingerprint density at radius 2 is 2.11 bits per heavy atom. The van der Waals surface area contributed by atoms with Crippen molar-refractivity contribution in [3.63, 3.8) is 0 Å². The van der Waals surface area contributed by atoms with E-state index in [1.165, 1.54) is 0 Å². The lowest BCUT2D eigenvalue weighted by atomic mass is 10.0. The van der Waals surface area contributed by atoms with Crippen molar-refractivity contribution in [2.75, 3.05) is 7.11 Å². The average molecular weight is 264 g/mol. The van der Waals surface area contributed by atoms with E-state index in [1.807, 2.05) is 6.92 Å². The predicted octanol–water partition coefficient (Wildman–Crippen LogP) is 2.50. The Labute approximate surface area is 111 Å². The summed E-state index contributed by atoms with van der Waals surface area (Å²) in [6, 6.07) is 6.76. The van der Waals surface area contributed by atoms with Gasteiger partial charge in [-0.25, -0.2) is 9.97 Å². The van der Waals surface area contributed by atoms with Crippen molar-refractivity contribution in [3.05, 3.63) is 52.6 Å². The molecule has 0 spiro atoms. The van der Waals surface area contributed by atoms with E-state index in [-0.39, 0.29) is 6.04 Å². The Kier molecular flexibility index (Phi) is 3.79. The summed E-state index contributed by atoms with van der Waals surface area (Å²) >= 11 is 5.99. The highest BCUT2D eigenvalue weighted by Gasteiger charge is 2.16. The maximum absolute atomic E-state index is 6.20. The molecule has 1 unspecified atom stereocenters. The van der Waals surface area contributed by atoms with Gasteiger partial charge in [-0.15, -0.1) is 0 Å². The van der Waals surface area contributed by atoms with Crippen LogP contribution in [0.4, 0.5) is 0 Å². The first kappa shape index (κ1) is 12.8. The number of halogens is 1. The predicted molar refractivity (Wildman–Crippen MR) is 70.8 cm³/mol. The number of methoxy groups -OCH3 is 1. The highest BCUT2D eigenvalue weighted by atomic mass is 35.5. The third kappa shape index (κ3) is 2.60. The number of aromatic nitrogens is 2. The molecule has 4 nitrogen and oxygen atoms in total. The van der Waals surface area contributed by atoms with Crippen molar-refractivity contribution in [1.29, 1.82) is 0 Å². The molecule has 0 saturated heterocycles. The van der Waals surface area contributed by atoms with Crippen molar-refractivity contribution < 1.29 is 4.74 Å². The Morgan fingerprint density at radius 1 is 1.33 bits per heavy atom. The number of rotatable bonds is 3. The lowest BCUT2D eigenvalue weighted by molar-refractivity contribution is 0.407. The Hall–Kier alpha value is -1.65. The van der Waals surface area contributed by atoms with Crippen LogP contribution in [0.25, 0.3) is 0 Å². The van der Waals surface area contributed by atoms with Gasteiger partial charge in [0.05, 0.1) is 18.8 Å². The lowest BCUT2D eigenvalue weighted by Gasteiger charge is -2.15. The van der Waals surface area contributed by atoms with Gasteiger partial charge in [-0.2, -0.15) is 0 Å². The highest BCUT2D eigenvalue weighted by Crippen LogP contribution is 2.29. The van der Waals surface area contributed by atoms with E-state index in [4.69, 9.17) is 22.1 Å². The van der Waals surface area contributed by atoms with E-state index in [0.717, 1.165) is 11.3 Å². The first-order valence-electron chi connectivity index (χ1n) is 5.50. The Bertz CT molecular complexity index is 560. The number of ether oxygens (including phenoxy) is 1. The van der Waals surface area contributed by atoms with Crippen LogP contribution in [0.3, 0.4) is 0 Å². The van der Waals surface area contributed by atoms with Gasteiger partial charge in [-0.3, -0.25) is 0 Å². The molecule has 18 heavy (non-hydrogen) atoms. The van der Waals surface area contributed by atoms with Crippen LogP contribution in [0, 0.1) is 6.92 Å². The lowest BCUT2D eigenvalue weighted by Crippen LogP contribution is -2.15. The molecular formula is C13H14ClN3O. The third-order valence-electron chi connectivity index (χ3n) is 2.64. The molecule has 0 radical (unpaired) electrons. The average Bonchev–Trinajstić information content (AvgIpc) is 2.38. The second kappa shape index (κ2) is 5.33. The van der Waals surface area contributed by atoms with Gasteiger partial charge in [0.1, 0.15) is 11.6 Å². The van der Waals surface area contributed by atoms with Gasteiger partial charge in [0, 0.05) is 16.8 Å². The van der Waals surface area contributed by atoms with Crippen LogP contribution in [-0.4, -0.2) is 17.1 Å². The van der Waals surface area contributed by atoms with Gasteiger partial charge < -0.3 is 10.5 Å². The molecule has 0 aliphatic heterocycles. The zero-order valence-corrected chi connectivity index (χ0v) is 11.0. The number of benzene rings is 1. The molecule has 0 aliphatic rings. The van der Waals surface area contributed by atoms with Crippen LogP contribution in [-0.2, 0) is 0 Å². The summed E-state index contributed by atoms with van der Waals surface area (Å²) in [5.74, 6) is 1.38. The molecule has 0 amide bonds. The van der Waals surface area contributed by atoms with E-state index in [0.29, 0.717) is 16.6 Å². The fourth-order valence-corrected chi connectivity index (χ4v) is 1.94. The number of hydrogen-bond acceptors (Lipinski definition) is 4. The fraction of sp³-hybridized carbons (Fsp3) is 0.231. The quantitative estimate of drug-likeness (QED) is 0.924. The standard InChI is InChI=1S/C13H14ClN3O/c1-8-16-6-5-11(17-8)13(15)10-7-9(14)3-4-12(10)18-2/h3-7,13H,15H2,1-2H3. The molecule has 2 rings (SSSR count). The summed E-state index contributed by atoms with van der Waals surface area (Å²) in [5, 5.41) is 0.618. The first-order valence-corrected chi connectivity index (χ1v) is 5.88. The molecule has 1 aromatic heterocycles. The summed E-state index contributed by atoms with van der Waals surface area (Å²) in [4.78, 5) is 8.37. The van der Waals surface area contributed by atoms with Crippen LogP contribution in [0.15, 0.2) is 30.5 Å². The molecule has 2 N–H and O–H groups in total. The summed E-state index contributed by atoms with van der Waals surface area (Å²) in [6.07, 6.45) is 1.69. The van der Waals surface area contributed by atoms with Crippen molar-refractivity contribution in [3.8, 4) is 5.75 Å². The van der Waals surface area contributed by atoms with E-state index in [1.54, 1.807) is 37.6 Å². The molecule has 1 heterocycles. The van der Waals surface area contributed by atoms with Crippen LogP contribution < -0.4 is 10.5 Å². The Morgan fingerprint density at radius 3 is 2.78 bits per heavy atom. The monoisotopic (exact) mass is 263 g/mol. The van der Waals surface area contributed by atoms with Gasteiger partial charge in [0.15, 0.2) is 0 Å². The van der Waals surface area contributed by atoms with Crippen molar-refractivity contribution in [1.82, 2.24) is 9.97 Å². The number of aryl methyl sites for hydroxylation is 1. The fourth-order valence-electron chi connectivity index (χ4n) is 1.76. The van der Waals surface area contributed by atoms with Gasteiger partial charge in [0.25, 0.3) is 0 Å². The SMILES string of the molecule is COc1ccc(Cl)cc1C(N)c1ccnc(C)n1. The van der Waals surface area contributed by atoms with Gasteiger partial charge in [0.2, 0.25) is 0 Å². The maximum atomic E-state index is 6.20. The van der Waals surface area contributed by atoms with E-state index in [2.05, 4.69) is 9.97 Å². The molecule has 5 heteroatoms. The number of hydrogen-bond donors (Lipinski definition) is 1. The van der Waals surface area contributed by atoms with Crippen LogP contribution in [0.5, 0.6) is 5.75 Å². The minimum Gasteiger partial charge on any atom is -0.496 e. The molecule has 1 aromatic carbocycles. The zero-order chi connectivity index (χ0) is 13.1. The second-order valence-corrected chi connectivity index (χ2v) is 4.33. The van der Waals surface area contributed by atoms with Gasteiger partial charge in [-0.05, 0) is 31.2 Å². The van der Waals surface area contributed by atoms with Crippen LogP contribution >= 0.6 is 11.6 Å². The van der Waals surface area contributed by atoms with E-state index < -0.39 is 0 Å². The maximum Gasteiger partial charge on any atom is 0.125 e. The summed E-state index contributed by atoms with van der Waals surface area (Å²) in [7, 11) is 1.60. The number of nitrogens with two attached hydrogens (primary N) is 1. The molecular weight excluding hydrogens is 250 g/mol. The van der Waals surface area contributed by atoms with Crippen molar-refractivity contribution in [2.24, 2.45) is 5.73 Å². The van der Waals surface area contributed by atoms with Crippen LogP contribution in [0.1, 0.15) is 23.1 Å². The molecule has 94 valence electrons. The van der Waals surface area contributed by atoms with E-state index in [9.17, 15) is 0 Å². The molecule has 0 bridgehead atoms. The molecule has 1 atom stereocenters. The summed E-state index contributed by atoms with van der Waals surface area (Å²) in [6.45, 7) is 1.82. The first-order chi connectivity index (χ1) is 8.61.